The Morgan fingerprint density at radius 2 is 1.71 bits per heavy atom. The predicted molar refractivity (Wildman–Crippen MR) is 47.8 cm³/mol. The first-order chi connectivity index (χ1) is 6.45. The van der Waals surface area contributed by atoms with Gasteiger partial charge in [-0.05, 0) is 37.5 Å². The van der Waals surface area contributed by atoms with E-state index in [1.165, 1.54) is 0 Å². The number of halogens is 3. The van der Waals surface area contributed by atoms with E-state index in [2.05, 4.69) is 0 Å². The Morgan fingerprint density at radius 1 is 1.21 bits per heavy atom. The Labute approximate surface area is 82.3 Å². The number of hydrogen-bond donors (Lipinski definition) is 1. The molecule has 1 atom stereocenters. The van der Waals surface area contributed by atoms with E-state index in [4.69, 9.17) is 5.11 Å². The lowest BCUT2D eigenvalue weighted by Gasteiger charge is -2.32. The van der Waals surface area contributed by atoms with Crippen LogP contribution in [-0.4, -0.2) is 17.9 Å². The molecule has 14 heavy (non-hydrogen) atoms. The molecule has 1 saturated carbocycles. The summed E-state index contributed by atoms with van der Waals surface area (Å²) in [4.78, 5) is 0. The van der Waals surface area contributed by atoms with Crippen LogP contribution >= 0.6 is 0 Å². The zero-order chi connectivity index (χ0) is 10.8. The van der Waals surface area contributed by atoms with Crippen molar-refractivity contribution in [3.8, 4) is 0 Å². The maximum Gasteiger partial charge on any atom is 0.391 e. The Kier molecular flexibility index (Phi) is 3.81. The maximum atomic E-state index is 12.3. The highest BCUT2D eigenvalue weighted by Gasteiger charge is 2.41. The van der Waals surface area contributed by atoms with Gasteiger partial charge in [0.1, 0.15) is 0 Å². The molecule has 1 aliphatic rings. The minimum Gasteiger partial charge on any atom is -0.396 e. The fourth-order valence-electron chi connectivity index (χ4n) is 2.16. The molecule has 1 aliphatic carbocycles. The first kappa shape index (κ1) is 11.8. The highest BCUT2D eigenvalue weighted by atomic mass is 19.4. The van der Waals surface area contributed by atoms with E-state index < -0.39 is 12.1 Å². The second-order valence-electron chi connectivity index (χ2n) is 4.31. The van der Waals surface area contributed by atoms with E-state index in [-0.39, 0.29) is 31.3 Å². The van der Waals surface area contributed by atoms with Gasteiger partial charge in [0.2, 0.25) is 0 Å². The number of aliphatic hydroxyl groups is 1. The minimum absolute atomic E-state index is 0.0847. The van der Waals surface area contributed by atoms with E-state index in [9.17, 15) is 13.2 Å². The summed E-state index contributed by atoms with van der Waals surface area (Å²) in [5.41, 5.74) is 0. The summed E-state index contributed by atoms with van der Waals surface area (Å²) >= 11 is 0. The molecule has 0 heterocycles. The first-order valence-corrected chi connectivity index (χ1v) is 5.12. The molecule has 1 N–H and O–H groups in total. The van der Waals surface area contributed by atoms with Crippen LogP contribution in [0.25, 0.3) is 0 Å². The summed E-state index contributed by atoms with van der Waals surface area (Å²) in [5.74, 6) is -0.688. The largest absolute Gasteiger partial charge is 0.396 e. The summed E-state index contributed by atoms with van der Waals surface area (Å²) in [5, 5.41) is 8.89. The van der Waals surface area contributed by atoms with Crippen LogP contribution in [-0.2, 0) is 0 Å². The molecule has 0 aromatic carbocycles. The minimum atomic E-state index is -4.02. The molecule has 0 amide bonds. The molecular weight excluding hydrogens is 193 g/mol. The van der Waals surface area contributed by atoms with Crippen molar-refractivity contribution < 1.29 is 18.3 Å². The molecule has 0 spiro atoms. The van der Waals surface area contributed by atoms with Gasteiger partial charge >= 0.3 is 6.18 Å². The lowest BCUT2D eigenvalue weighted by molar-refractivity contribution is -0.184. The van der Waals surface area contributed by atoms with Gasteiger partial charge in [-0.3, -0.25) is 0 Å². The van der Waals surface area contributed by atoms with Gasteiger partial charge in [-0.15, -0.1) is 0 Å². The number of alkyl halides is 3. The van der Waals surface area contributed by atoms with Gasteiger partial charge in [0.15, 0.2) is 0 Å². The SMILES string of the molecule is CC(CO)C1CCC(C(F)(F)F)CC1. The van der Waals surface area contributed by atoms with Crippen molar-refractivity contribution in [2.45, 2.75) is 38.8 Å². The van der Waals surface area contributed by atoms with Crippen molar-refractivity contribution in [3.63, 3.8) is 0 Å². The van der Waals surface area contributed by atoms with Gasteiger partial charge in [0.05, 0.1) is 5.92 Å². The van der Waals surface area contributed by atoms with Crippen molar-refractivity contribution in [1.82, 2.24) is 0 Å². The quantitative estimate of drug-likeness (QED) is 0.742. The van der Waals surface area contributed by atoms with Crippen LogP contribution in [0.15, 0.2) is 0 Å². The predicted octanol–water partition coefficient (Wildman–Crippen LogP) is 2.98. The Hall–Kier alpha value is -0.250. The summed E-state index contributed by atoms with van der Waals surface area (Å²) in [7, 11) is 0. The molecule has 0 saturated heterocycles. The Balaban J connectivity index is 2.39. The molecule has 1 fully saturated rings. The number of aliphatic hydroxyl groups excluding tert-OH is 1. The van der Waals surface area contributed by atoms with Gasteiger partial charge < -0.3 is 5.11 Å². The molecule has 0 bridgehead atoms. The highest BCUT2D eigenvalue weighted by Crippen LogP contribution is 2.41. The summed E-state index contributed by atoms with van der Waals surface area (Å²) in [6.07, 6.45) is -2.34. The van der Waals surface area contributed by atoms with Crippen LogP contribution in [0.1, 0.15) is 32.6 Å². The van der Waals surface area contributed by atoms with E-state index in [1.807, 2.05) is 6.92 Å². The van der Waals surface area contributed by atoms with Gasteiger partial charge in [0, 0.05) is 6.61 Å². The van der Waals surface area contributed by atoms with E-state index in [0.29, 0.717) is 12.8 Å². The molecule has 0 aromatic rings. The van der Waals surface area contributed by atoms with Crippen molar-refractivity contribution in [1.29, 1.82) is 0 Å². The average molecular weight is 210 g/mol. The lowest BCUT2D eigenvalue weighted by atomic mass is 9.76. The van der Waals surface area contributed by atoms with Gasteiger partial charge in [0.25, 0.3) is 0 Å². The fraction of sp³-hybridized carbons (Fsp3) is 1.00. The zero-order valence-corrected chi connectivity index (χ0v) is 8.35. The van der Waals surface area contributed by atoms with E-state index in [0.717, 1.165) is 0 Å². The molecule has 0 aromatic heterocycles. The normalized spacial score (nSPS) is 31.5. The smallest absolute Gasteiger partial charge is 0.391 e. The topological polar surface area (TPSA) is 20.2 Å². The highest BCUT2D eigenvalue weighted by molar-refractivity contribution is 4.79. The van der Waals surface area contributed by atoms with Crippen molar-refractivity contribution in [2.75, 3.05) is 6.61 Å². The molecule has 0 aliphatic heterocycles. The van der Waals surface area contributed by atoms with Gasteiger partial charge in [-0.2, -0.15) is 13.2 Å². The van der Waals surface area contributed by atoms with Crippen molar-refractivity contribution in [2.24, 2.45) is 17.8 Å². The zero-order valence-electron chi connectivity index (χ0n) is 8.35. The Morgan fingerprint density at radius 3 is 2.07 bits per heavy atom. The molecule has 0 radical (unpaired) electrons. The molecular formula is C10H17F3O. The third-order valence-electron chi connectivity index (χ3n) is 3.33. The van der Waals surface area contributed by atoms with Crippen LogP contribution in [0.5, 0.6) is 0 Å². The third kappa shape index (κ3) is 2.87. The van der Waals surface area contributed by atoms with Gasteiger partial charge in [-0.1, -0.05) is 6.92 Å². The van der Waals surface area contributed by atoms with E-state index >= 15 is 0 Å². The monoisotopic (exact) mass is 210 g/mol. The average Bonchev–Trinajstić information content (AvgIpc) is 2.15. The van der Waals surface area contributed by atoms with Gasteiger partial charge in [-0.25, -0.2) is 0 Å². The second-order valence-corrected chi connectivity index (χ2v) is 4.31. The third-order valence-corrected chi connectivity index (χ3v) is 3.33. The molecule has 4 heteroatoms. The van der Waals surface area contributed by atoms with E-state index in [1.54, 1.807) is 0 Å². The van der Waals surface area contributed by atoms with Crippen LogP contribution in [0.3, 0.4) is 0 Å². The molecule has 1 nitrogen and oxygen atoms in total. The molecule has 1 rings (SSSR count). The second kappa shape index (κ2) is 4.51. The summed E-state index contributed by atoms with van der Waals surface area (Å²) < 4.78 is 36.9. The van der Waals surface area contributed by atoms with Crippen LogP contribution in [0.2, 0.25) is 0 Å². The maximum absolute atomic E-state index is 12.3. The standard InChI is InChI=1S/C10H17F3O/c1-7(6-14)8-2-4-9(5-3-8)10(11,12)13/h7-9,14H,2-6H2,1H3. The van der Waals surface area contributed by atoms with Crippen LogP contribution < -0.4 is 0 Å². The van der Waals surface area contributed by atoms with Crippen molar-refractivity contribution >= 4 is 0 Å². The Bertz CT molecular complexity index is 171. The lowest BCUT2D eigenvalue weighted by Crippen LogP contribution is -2.30. The number of hydrogen-bond acceptors (Lipinski definition) is 1. The molecule has 1 unspecified atom stereocenters. The van der Waals surface area contributed by atoms with Crippen LogP contribution in [0.4, 0.5) is 13.2 Å². The summed E-state index contributed by atoms with van der Waals surface area (Å²) in [6.45, 7) is 1.99. The van der Waals surface area contributed by atoms with Crippen molar-refractivity contribution in [3.05, 3.63) is 0 Å². The fourth-order valence-corrected chi connectivity index (χ4v) is 2.16. The number of rotatable bonds is 2. The van der Waals surface area contributed by atoms with Crippen LogP contribution in [0, 0.1) is 17.8 Å². The molecule has 84 valence electrons. The summed E-state index contributed by atoms with van der Waals surface area (Å²) in [6, 6.07) is 0. The first-order valence-electron chi connectivity index (χ1n) is 5.12.